The third-order valence-electron chi connectivity index (χ3n) is 1.74. The highest BCUT2D eigenvalue weighted by Crippen LogP contribution is 2.16. The lowest BCUT2D eigenvalue weighted by Gasteiger charge is -2.07. The molecular weight excluding hydrogens is 213 g/mol. The average Bonchev–Trinajstić information content (AvgIpc) is 2.17. The minimum absolute atomic E-state index is 0.146. The van der Waals surface area contributed by atoms with Gasteiger partial charge < -0.3 is 5.73 Å². The van der Waals surface area contributed by atoms with Crippen molar-refractivity contribution in [2.24, 2.45) is 5.73 Å². The zero-order chi connectivity index (χ0) is 11.8. The maximum atomic E-state index is 11.0. The zero-order valence-electron chi connectivity index (χ0n) is 9.50. The molecule has 0 aliphatic rings. The number of halogens is 2. The van der Waals surface area contributed by atoms with Gasteiger partial charge in [-0.25, -0.2) is 4.39 Å². The van der Waals surface area contributed by atoms with E-state index in [4.69, 9.17) is 17.3 Å². The summed E-state index contributed by atoms with van der Waals surface area (Å²) in [4.78, 5) is 0. The smallest absolute Gasteiger partial charge is 0.0945 e. The van der Waals surface area contributed by atoms with Crippen LogP contribution in [0.25, 0.3) is 0 Å². The largest absolute Gasteiger partial charge is 0.324 e. The molecule has 1 aromatic carbocycles. The number of rotatable bonds is 2. The summed E-state index contributed by atoms with van der Waals surface area (Å²) < 4.78 is 11.0. The van der Waals surface area contributed by atoms with Crippen LogP contribution in [0.15, 0.2) is 24.3 Å². The van der Waals surface area contributed by atoms with Gasteiger partial charge in [-0.05, 0) is 38.0 Å². The molecule has 0 amide bonds. The highest BCUT2D eigenvalue weighted by molar-refractivity contribution is 6.30. The molecule has 1 rings (SSSR count). The van der Waals surface area contributed by atoms with E-state index < -0.39 is 6.17 Å². The van der Waals surface area contributed by atoms with Gasteiger partial charge in [0.1, 0.15) is 0 Å². The van der Waals surface area contributed by atoms with Crippen molar-refractivity contribution in [2.75, 3.05) is 0 Å². The molecule has 1 aromatic rings. The van der Waals surface area contributed by atoms with Crippen molar-refractivity contribution in [1.29, 1.82) is 0 Å². The van der Waals surface area contributed by atoms with Gasteiger partial charge in [-0.2, -0.15) is 0 Å². The van der Waals surface area contributed by atoms with E-state index in [9.17, 15) is 4.39 Å². The first kappa shape index (κ1) is 14.4. The van der Waals surface area contributed by atoms with E-state index in [1.54, 1.807) is 0 Å². The Morgan fingerprint density at radius 1 is 1.27 bits per heavy atom. The summed E-state index contributed by atoms with van der Waals surface area (Å²) in [7, 11) is 0. The third-order valence-corrected chi connectivity index (χ3v) is 1.99. The minimum Gasteiger partial charge on any atom is -0.324 e. The van der Waals surface area contributed by atoms with E-state index in [1.807, 2.05) is 24.3 Å². The molecule has 0 heterocycles. The third kappa shape index (κ3) is 7.34. The molecule has 0 radical (unpaired) electrons. The molecule has 0 saturated heterocycles. The Bertz CT molecular complexity index is 256. The van der Waals surface area contributed by atoms with Gasteiger partial charge in [-0.1, -0.05) is 30.7 Å². The summed E-state index contributed by atoms with van der Waals surface area (Å²) in [5.74, 6) is 0. The van der Waals surface area contributed by atoms with Gasteiger partial charge in [-0.3, -0.25) is 0 Å². The second-order valence-corrected chi connectivity index (χ2v) is 4.02. The van der Waals surface area contributed by atoms with E-state index in [2.05, 4.69) is 6.92 Å². The number of alkyl halides is 1. The second kappa shape index (κ2) is 7.66. The predicted octanol–water partition coefficient (Wildman–Crippen LogP) is 4.11. The molecule has 1 atom stereocenters. The van der Waals surface area contributed by atoms with Crippen molar-refractivity contribution in [3.63, 3.8) is 0 Å². The highest BCUT2D eigenvalue weighted by atomic mass is 35.5. The van der Waals surface area contributed by atoms with Gasteiger partial charge in [0.2, 0.25) is 0 Å². The second-order valence-electron chi connectivity index (χ2n) is 3.58. The first-order valence-corrected chi connectivity index (χ1v) is 5.50. The Labute approximate surface area is 96.4 Å². The van der Waals surface area contributed by atoms with Crippen molar-refractivity contribution >= 4 is 11.6 Å². The summed E-state index contributed by atoms with van der Waals surface area (Å²) in [5, 5.41) is 0.761. The number of nitrogens with two attached hydrogens (primary N) is 1. The molecular formula is C12H19ClFN. The van der Waals surface area contributed by atoms with Gasteiger partial charge >= 0.3 is 0 Å². The molecule has 1 nitrogen and oxygen atoms in total. The maximum absolute atomic E-state index is 11.0. The van der Waals surface area contributed by atoms with Crippen LogP contribution in [0.2, 0.25) is 5.02 Å². The average molecular weight is 232 g/mol. The Hall–Kier alpha value is -0.600. The summed E-state index contributed by atoms with van der Waals surface area (Å²) in [6, 6.07) is 7.82. The fourth-order valence-corrected chi connectivity index (χ4v) is 1.07. The first-order chi connectivity index (χ1) is 6.97. The Kier molecular flexibility index (Phi) is 7.35. The maximum Gasteiger partial charge on any atom is 0.0945 e. The Morgan fingerprint density at radius 3 is 2.00 bits per heavy atom. The van der Waals surface area contributed by atoms with E-state index in [0.29, 0.717) is 0 Å². The lowest BCUT2D eigenvalue weighted by Crippen LogP contribution is -2.07. The quantitative estimate of drug-likeness (QED) is 0.814. The van der Waals surface area contributed by atoms with Crippen LogP contribution in [0, 0.1) is 0 Å². The van der Waals surface area contributed by atoms with Crippen LogP contribution in [0.3, 0.4) is 0 Å². The SMILES string of the molecule is CC(C)F.CCC(N)c1ccc(Cl)cc1. The van der Waals surface area contributed by atoms with Crippen LogP contribution in [0.1, 0.15) is 38.8 Å². The Morgan fingerprint density at radius 2 is 1.67 bits per heavy atom. The molecule has 2 N–H and O–H groups in total. The molecule has 0 spiro atoms. The van der Waals surface area contributed by atoms with E-state index >= 15 is 0 Å². The van der Waals surface area contributed by atoms with Crippen molar-refractivity contribution in [3.8, 4) is 0 Å². The van der Waals surface area contributed by atoms with Crippen molar-refractivity contribution in [3.05, 3.63) is 34.9 Å². The normalized spacial score (nSPS) is 11.9. The first-order valence-electron chi connectivity index (χ1n) is 5.12. The molecule has 0 fully saturated rings. The molecule has 0 aliphatic heterocycles. The van der Waals surface area contributed by atoms with Gasteiger partial charge in [-0.15, -0.1) is 0 Å². The Balaban J connectivity index is 0.000000423. The van der Waals surface area contributed by atoms with E-state index in [-0.39, 0.29) is 6.04 Å². The number of hydrogen-bond acceptors (Lipinski definition) is 1. The molecule has 3 heteroatoms. The van der Waals surface area contributed by atoms with Gasteiger partial charge in [0, 0.05) is 11.1 Å². The molecule has 0 aliphatic carbocycles. The molecule has 1 unspecified atom stereocenters. The van der Waals surface area contributed by atoms with Crippen LogP contribution < -0.4 is 5.73 Å². The monoisotopic (exact) mass is 231 g/mol. The van der Waals surface area contributed by atoms with Crippen LogP contribution in [0.4, 0.5) is 4.39 Å². The molecule has 0 aromatic heterocycles. The highest BCUT2D eigenvalue weighted by Gasteiger charge is 2.00. The van der Waals surface area contributed by atoms with Crippen LogP contribution in [-0.2, 0) is 0 Å². The van der Waals surface area contributed by atoms with Crippen molar-refractivity contribution in [2.45, 2.75) is 39.4 Å². The van der Waals surface area contributed by atoms with E-state index in [1.165, 1.54) is 13.8 Å². The topological polar surface area (TPSA) is 26.0 Å². The number of hydrogen-bond donors (Lipinski definition) is 1. The standard InChI is InChI=1S/C9H12ClN.C3H7F/c1-2-9(11)7-3-5-8(10)6-4-7;1-3(2)4/h3-6,9H,2,11H2,1H3;3H,1-2H3. The summed E-state index contributed by atoms with van der Waals surface area (Å²) in [5.41, 5.74) is 6.95. The van der Waals surface area contributed by atoms with Crippen molar-refractivity contribution in [1.82, 2.24) is 0 Å². The van der Waals surface area contributed by atoms with Gasteiger partial charge in [0.05, 0.1) is 6.17 Å². The summed E-state index contributed by atoms with van der Waals surface area (Å²) in [6.07, 6.45) is 0.293. The fourth-order valence-electron chi connectivity index (χ4n) is 0.946. The van der Waals surface area contributed by atoms with E-state index in [0.717, 1.165) is 17.0 Å². The zero-order valence-corrected chi connectivity index (χ0v) is 10.3. The van der Waals surface area contributed by atoms with Crippen LogP contribution in [0.5, 0.6) is 0 Å². The minimum atomic E-state index is -0.667. The molecule has 0 saturated carbocycles. The predicted molar refractivity (Wildman–Crippen MR) is 64.9 cm³/mol. The number of benzene rings is 1. The van der Waals surface area contributed by atoms with Crippen LogP contribution in [-0.4, -0.2) is 6.17 Å². The molecule has 15 heavy (non-hydrogen) atoms. The lowest BCUT2D eigenvalue weighted by atomic mass is 10.1. The van der Waals surface area contributed by atoms with Gasteiger partial charge in [0.25, 0.3) is 0 Å². The summed E-state index contributed by atoms with van der Waals surface area (Å²) >= 11 is 5.72. The van der Waals surface area contributed by atoms with Crippen LogP contribution >= 0.6 is 11.6 Å². The molecule has 0 bridgehead atoms. The lowest BCUT2D eigenvalue weighted by molar-refractivity contribution is 0.391. The fraction of sp³-hybridized carbons (Fsp3) is 0.500. The molecule has 86 valence electrons. The van der Waals surface area contributed by atoms with Crippen molar-refractivity contribution < 1.29 is 4.39 Å². The summed E-state index contributed by atoms with van der Waals surface area (Å²) in [6.45, 7) is 5.07. The van der Waals surface area contributed by atoms with Gasteiger partial charge in [0.15, 0.2) is 0 Å².